The molecular formula is C18H24N4O2S. The van der Waals surface area contributed by atoms with Crippen molar-refractivity contribution in [2.24, 2.45) is 13.0 Å². The van der Waals surface area contributed by atoms with Crippen molar-refractivity contribution in [1.29, 1.82) is 0 Å². The topological polar surface area (TPSA) is 59.4 Å². The van der Waals surface area contributed by atoms with Gasteiger partial charge in [0.1, 0.15) is 10.7 Å². The predicted molar refractivity (Wildman–Crippen MR) is 96.5 cm³/mol. The van der Waals surface area contributed by atoms with Gasteiger partial charge < -0.3 is 14.6 Å². The summed E-state index contributed by atoms with van der Waals surface area (Å²) in [4.78, 5) is 18.9. The van der Waals surface area contributed by atoms with Gasteiger partial charge in [-0.25, -0.2) is 4.98 Å². The number of carbonyl (C=O) groups is 1. The van der Waals surface area contributed by atoms with E-state index in [0.717, 1.165) is 39.1 Å². The molecule has 2 aliphatic rings. The molecule has 0 bridgehead atoms. The highest BCUT2D eigenvalue weighted by atomic mass is 32.1. The van der Waals surface area contributed by atoms with E-state index < -0.39 is 0 Å². The predicted octanol–water partition coefficient (Wildman–Crippen LogP) is 1.89. The van der Waals surface area contributed by atoms with Crippen molar-refractivity contribution in [2.45, 2.75) is 25.0 Å². The fraction of sp³-hybridized carbons (Fsp3) is 0.556. The Balaban J connectivity index is 1.19. The Bertz CT molecular complexity index is 711. The van der Waals surface area contributed by atoms with Crippen LogP contribution >= 0.6 is 11.3 Å². The van der Waals surface area contributed by atoms with Gasteiger partial charge in [-0.2, -0.15) is 0 Å². The summed E-state index contributed by atoms with van der Waals surface area (Å²) in [5, 5.41) is 6.24. The summed E-state index contributed by atoms with van der Waals surface area (Å²) in [6, 6.07) is 3.73. The van der Waals surface area contributed by atoms with E-state index in [9.17, 15) is 4.79 Å². The van der Waals surface area contributed by atoms with Crippen molar-refractivity contribution in [1.82, 2.24) is 19.8 Å². The van der Waals surface area contributed by atoms with Crippen molar-refractivity contribution in [3.63, 3.8) is 0 Å². The molecule has 134 valence electrons. The normalized spacial score (nSPS) is 22.7. The summed E-state index contributed by atoms with van der Waals surface area (Å²) in [5.74, 6) is 0.397. The highest BCUT2D eigenvalue weighted by molar-refractivity contribution is 7.09. The lowest BCUT2D eigenvalue weighted by Crippen LogP contribution is -2.64. The first kappa shape index (κ1) is 16.8. The average molecular weight is 360 g/mol. The Morgan fingerprint density at radius 1 is 1.52 bits per heavy atom. The number of likely N-dealkylation sites (tertiary alicyclic amines) is 1. The molecule has 0 saturated carbocycles. The zero-order valence-corrected chi connectivity index (χ0v) is 15.3. The SMILES string of the molecule is Cn1cccc1C(=O)NC[C@H]1CCC2(CN(Cc3nccs3)C2)OC1. The summed E-state index contributed by atoms with van der Waals surface area (Å²) in [6.07, 6.45) is 5.93. The van der Waals surface area contributed by atoms with E-state index in [2.05, 4.69) is 15.2 Å². The summed E-state index contributed by atoms with van der Waals surface area (Å²) in [5.41, 5.74) is 0.737. The van der Waals surface area contributed by atoms with Gasteiger partial charge in [-0.15, -0.1) is 11.3 Å². The van der Waals surface area contributed by atoms with Crippen LogP contribution in [0.4, 0.5) is 0 Å². The molecule has 2 fully saturated rings. The van der Waals surface area contributed by atoms with Crippen LogP contribution in [0, 0.1) is 5.92 Å². The fourth-order valence-electron chi connectivity index (χ4n) is 3.76. The molecule has 0 radical (unpaired) electrons. The van der Waals surface area contributed by atoms with Gasteiger partial charge in [-0.05, 0) is 30.9 Å². The quantitative estimate of drug-likeness (QED) is 0.885. The molecule has 2 aromatic rings. The highest BCUT2D eigenvalue weighted by Gasteiger charge is 2.46. The highest BCUT2D eigenvalue weighted by Crippen LogP contribution is 2.36. The number of ether oxygens (including phenoxy) is 1. The van der Waals surface area contributed by atoms with Crippen LogP contribution in [0.15, 0.2) is 29.9 Å². The van der Waals surface area contributed by atoms with Gasteiger partial charge in [0.15, 0.2) is 0 Å². The van der Waals surface area contributed by atoms with E-state index in [-0.39, 0.29) is 11.5 Å². The number of thiazole rings is 1. The molecule has 7 heteroatoms. The van der Waals surface area contributed by atoms with Crippen LogP contribution in [0.2, 0.25) is 0 Å². The van der Waals surface area contributed by atoms with E-state index in [1.54, 1.807) is 11.3 Å². The van der Waals surface area contributed by atoms with E-state index in [0.29, 0.717) is 18.2 Å². The van der Waals surface area contributed by atoms with Crippen molar-refractivity contribution >= 4 is 17.2 Å². The molecule has 4 rings (SSSR count). The molecule has 1 atom stereocenters. The molecule has 4 heterocycles. The number of hydrogen-bond donors (Lipinski definition) is 1. The molecule has 1 N–H and O–H groups in total. The molecule has 6 nitrogen and oxygen atoms in total. The minimum absolute atomic E-state index is 0.00828. The molecule has 25 heavy (non-hydrogen) atoms. The van der Waals surface area contributed by atoms with Crippen LogP contribution in [0.5, 0.6) is 0 Å². The summed E-state index contributed by atoms with van der Waals surface area (Å²) < 4.78 is 8.04. The molecular weight excluding hydrogens is 336 g/mol. The third-order valence-electron chi connectivity index (χ3n) is 5.23. The molecule has 2 aromatic heterocycles. The lowest BCUT2D eigenvalue weighted by molar-refractivity contribution is -0.181. The summed E-state index contributed by atoms with van der Waals surface area (Å²) >= 11 is 1.71. The largest absolute Gasteiger partial charge is 0.372 e. The number of aromatic nitrogens is 2. The Morgan fingerprint density at radius 2 is 2.40 bits per heavy atom. The number of nitrogens with one attached hydrogen (secondary N) is 1. The number of carbonyl (C=O) groups excluding carboxylic acids is 1. The monoisotopic (exact) mass is 360 g/mol. The first-order valence-electron chi connectivity index (χ1n) is 8.78. The van der Waals surface area contributed by atoms with Gasteiger partial charge in [-0.3, -0.25) is 9.69 Å². The van der Waals surface area contributed by atoms with Gasteiger partial charge in [0.2, 0.25) is 0 Å². The number of amides is 1. The van der Waals surface area contributed by atoms with Crippen LogP contribution < -0.4 is 5.32 Å². The van der Waals surface area contributed by atoms with E-state index >= 15 is 0 Å². The number of rotatable bonds is 5. The lowest BCUT2D eigenvalue weighted by atomic mass is 9.83. The molecule has 0 aliphatic carbocycles. The molecule has 1 spiro atoms. The second kappa shape index (κ2) is 6.90. The first-order valence-corrected chi connectivity index (χ1v) is 9.66. The number of hydrogen-bond acceptors (Lipinski definition) is 5. The molecule has 0 unspecified atom stereocenters. The summed E-state index contributed by atoms with van der Waals surface area (Å²) in [6.45, 7) is 4.34. The Labute approximate surface area is 151 Å². The maximum Gasteiger partial charge on any atom is 0.267 e. The second-order valence-electron chi connectivity index (χ2n) is 7.18. The van der Waals surface area contributed by atoms with Gasteiger partial charge in [0.05, 0.1) is 18.8 Å². The van der Waals surface area contributed by atoms with Gasteiger partial charge >= 0.3 is 0 Å². The third-order valence-corrected chi connectivity index (χ3v) is 5.99. The lowest BCUT2D eigenvalue weighted by Gasteiger charge is -2.52. The minimum atomic E-state index is -0.00828. The smallest absolute Gasteiger partial charge is 0.267 e. The van der Waals surface area contributed by atoms with Crippen LogP contribution in [0.25, 0.3) is 0 Å². The maximum absolute atomic E-state index is 12.2. The zero-order valence-electron chi connectivity index (χ0n) is 14.5. The van der Waals surface area contributed by atoms with Gasteiger partial charge in [-0.1, -0.05) is 0 Å². The number of nitrogens with zero attached hydrogens (tertiary/aromatic N) is 3. The Kier molecular flexibility index (Phi) is 4.62. The zero-order chi connectivity index (χ0) is 17.3. The summed E-state index contributed by atoms with van der Waals surface area (Å²) in [7, 11) is 1.89. The van der Waals surface area contributed by atoms with Gasteiger partial charge in [0.25, 0.3) is 5.91 Å². The Hall–Kier alpha value is -1.70. The maximum atomic E-state index is 12.2. The van der Waals surface area contributed by atoms with Crippen molar-refractivity contribution < 1.29 is 9.53 Å². The number of aryl methyl sites for hydroxylation is 1. The standard InChI is InChI=1S/C18H24N4O2S/c1-21-7-2-3-15(21)17(23)20-9-14-4-5-18(24-11-14)12-22(13-18)10-16-19-6-8-25-16/h2-3,6-8,14H,4-5,9-13H2,1H3,(H,20,23)/t14-/m1/s1. The minimum Gasteiger partial charge on any atom is -0.372 e. The van der Waals surface area contributed by atoms with Crippen LogP contribution in [0.3, 0.4) is 0 Å². The molecule has 2 aliphatic heterocycles. The van der Waals surface area contributed by atoms with E-state index in [4.69, 9.17) is 4.74 Å². The third kappa shape index (κ3) is 3.63. The molecule has 1 amide bonds. The molecule has 0 aromatic carbocycles. The van der Waals surface area contributed by atoms with Crippen molar-refractivity contribution in [3.05, 3.63) is 40.6 Å². The van der Waals surface area contributed by atoms with E-state index in [1.165, 1.54) is 5.01 Å². The van der Waals surface area contributed by atoms with E-state index in [1.807, 2.05) is 41.5 Å². The first-order chi connectivity index (χ1) is 12.1. The van der Waals surface area contributed by atoms with Crippen LogP contribution in [-0.4, -0.2) is 52.2 Å². The van der Waals surface area contributed by atoms with Crippen molar-refractivity contribution in [3.8, 4) is 0 Å². The Morgan fingerprint density at radius 3 is 3.04 bits per heavy atom. The van der Waals surface area contributed by atoms with Gasteiger partial charge in [0, 0.05) is 44.5 Å². The average Bonchev–Trinajstić information content (AvgIpc) is 3.24. The van der Waals surface area contributed by atoms with Crippen LogP contribution in [0.1, 0.15) is 28.3 Å². The van der Waals surface area contributed by atoms with Crippen molar-refractivity contribution in [2.75, 3.05) is 26.2 Å². The second-order valence-corrected chi connectivity index (χ2v) is 8.16. The molecule has 2 saturated heterocycles. The van der Waals surface area contributed by atoms with Crippen LogP contribution in [-0.2, 0) is 18.3 Å². The fourth-order valence-corrected chi connectivity index (χ4v) is 4.41.